The number of carbonyl (C=O) groups is 2. The molecule has 0 spiro atoms. The van der Waals surface area contributed by atoms with Gasteiger partial charge in [0.05, 0.1) is 0 Å². The van der Waals surface area contributed by atoms with Crippen LogP contribution >= 0.6 is 0 Å². The molecule has 0 fully saturated rings. The van der Waals surface area contributed by atoms with Crippen LogP contribution in [0, 0.1) is 0 Å². The maximum Gasteiger partial charge on any atom is 0.244 e. The van der Waals surface area contributed by atoms with Crippen molar-refractivity contribution in [1.82, 2.24) is 4.57 Å². The van der Waals surface area contributed by atoms with Crippen molar-refractivity contribution in [3.63, 3.8) is 0 Å². The minimum Gasteiger partial charge on any atom is -0.337 e. The highest BCUT2D eigenvalue weighted by molar-refractivity contribution is 5.99. The van der Waals surface area contributed by atoms with Gasteiger partial charge < -0.3 is 9.88 Å². The fourth-order valence-electron chi connectivity index (χ4n) is 3.12. The van der Waals surface area contributed by atoms with Crippen molar-refractivity contribution in [2.75, 3.05) is 5.32 Å². The monoisotopic (exact) mass is 328 g/mol. The van der Waals surface area contributed by atoms with Gasteiger partial charge >= 0.3 is 0 Å². The quantitative estimate of drug-likeness (QED) is 0.570. The summed E-state index contributed by atoms with van der Waals surface area (Å²) < 4.78 is 1.80. The summed E-state index contributed by atoms with van der Waals surface area (Å²) in [5.74, 6) is -0.131. The van der Waals surface area contributed by atoms with E-state index in [2.05, 4.69) is 5.32 Å². The lowest BCUT2D eigenvalue weighted by atomic mass is 10.1. The predicted octanol–water partition coefficient (Wildman–Crippen LogP) is 4.25. The molecule has 3 aromatic carbocycles. The topological polar surface area (TPSA) is 51.1 Å². The van der Waals surface area contributed by atoms with E-state index in [4.69, 9.17) is 0 Å². The number of aromatic nitrogens is 1. The van der Waals surface area contributed by atoms with Gasteiger partial charge in [-0.05, 0) is 29.0 Å². The number of hydrogen-bond acceptors (Lipinski definition) is 2. The maximum atomic E-state index is 12.4. The summed E-state index contributed by atoms with van der Waals surface area (Å²) in [6.07, 6.45) is 2.54. The molecular weight excluding hydrogens is 312 g/mol. The van der Waals surface area contributed by atoms with E-state index >= 15 is 0 Å². The molecule has 122 valence electrons. The first-order chi connectivity index (χ1) is 12.2. The van der Waals surface area contributed by atoms with Crippen molar-refractivity contribution >= 4 is 39.6 Å². The summed E-state index contributed by atoms with van der Waals surface area (Å²) in [4.78, 5) is 23.7. The molecule has 1 amide bonds. The summed E-state index contributed by atoms with van der Waals surface area (Å²) in [5.41, 5.74) is 2.23. The maximum absolute atomic E-state index is 12.4. The Balaban J connectivity index is 1.58. The molecule has 0 radical (unpaired) electrons. The Kier molecular flexibility index (Phi) is 3.78. The van der Waals surface area contributed by atoms with Crippen molar-refractivity contribution < 1.29 is 9.59 Å². The second-order valence-electron chi connectivity index (χ2n) is 5.96. The lowest BCUT2D eigenvalue weighted by Crippen LogP contribution is -2.18. The molecule has 0 saturated carbocycles. The van der Waals surface area contributed by atoms with Gasteiger partial charge in [0, 0.05) is 28.4 Å². The summed E-state index contributed by atoms with van der Waals surface area (Å²) in [6, 6.07) is 21.4. The van der Waals surface area contributed by atoms with Crippen molar-refractivity contribution in [2.24, 2.45) is 0 Å². The van der Waals surface area contributed by atoms with Gasteiger partial charge in [-0.15, -0.1) is 0 Å². The molecule has 4 rings (SSSR count). The fourth-order valence-corrected chi connectivity index (χ4v) is 3.12. The zero-order valence-electron chi connectivity index (χ0n) is 13.5. The van der Waals surface area contributed by atoms with Crippen LogP contribution in [0.4, 0.5) is 5.69 Å². The van der Waals surface area contributed by atoms with Gasteiger partial charge in [0.25, 0.3) is 0 Å². The van der Waals surface area contributed by atoms with Crippen LogP contribution in [0.1, 0.15) is 10.4 Å². The van der Waals surface area contributed by atoms with Crippen molar-refractivity contribution in [2.45, 2.75) is 6.54 Å². The summed E-state index contributed by atoms with van der Waals surface area (Å²) in [6.45, 7) is 0.154. The van der Waals surface area contributed by atoms with Gasteiger partial charge in [-0.3, -0.25) is 9.59 Å². The van der Waals surface area contributed by atoms with Crippen LogP contribution in [0.2, 0.25) is 0 Å². The van der Waals surface area contributed by atoms with E-state index in [0.717, 1.165) is 33.6 Å². The molecular formula is C21H16N2O2. The van der Waals surface area contributed by atoms with Gasteiger partial charge in [0.15, 0.2) is 6.29 Å². The molecule has 0 aliphatic heterocycles. The van der Waals surface area contributed by atoms with Gasteiger partial charge in [-0.2, -0.15) is 0 Å². The van der Waals surface area contributed by atoms with Crippen LogP contribution in [-0.2, 0) is 11.3 Å². The standard InChI is InChI=1S/C21H16N2O2/c24-14-17-12-23(20-8-4-3-7-19(17)20)13-21(25)22-18-10-9-15-5-1-2-6-16(15)11-18/h1-12,14H,13H2,(H,22,25). The fraction of sp³-hybridized carbons (Fsp3) is 0.0476. The van der Waals surface area contributed by atoms with Crippen LogP contribution in [0.15, 0.2) is 72.9 Å². The number of nitrogens with one attached hydrogen (secondary N) is 1. The first kappa shape index (κ1) is 15.1. The number of hydrogen-bond donors (Lipinski definition) is 1. The van der Waals surface area contributed by atoms with E-state index in [0.29, 0.717) is 5.56 Å². The van der Waals surface area contributed by atoms with E-state index in [1.54, 1.807) is 10.8 Å². The zero-order valence-corrected chi connectivity index (χ0v) is 13.5. The lowest BCUT2D eigenvalue weighted by Gasteiger charge is -2.08. The van der Waals surface area contributed by atoms with Gasteiger partial charge in [0.2, 0.25) is 5.91 Å². The number of fused-ring (bicyclic) bond motifs is 2. The number of benzene rings is 3. The minimum absolute atomic E-state index is 0.131. The molecule has 4 heteroatoms. The van der Waals surface area contributed by atoms with E-state index in [-0.39, 0.29) is 12.5 Å². The van der Waals surface area contributed by atoms with Crippen LogP contribution in [-0.4, -0.2) is 16.8 Å². The highest BCUT2D eigenvalue weighted by Gasteiger charge is 2.10. The molecule has 0 aliphatic carbocycles. The van der Waals surface area contributed by atoms with Gasteiger partial charge in [-0.25, -0.2) is 0 Å². The van der Waals surface area contributed by atoms with Crippen LogP contribution in [0.25, 0.3) is 21.7 Å². The second kappa shape index (κ2) is 6.24. The second-order valence-corrected chi connectivity index (χ2v) is 5.96. The van der Waals surface area contributed by atoms with E-state index in [1.165, 1.54) is 0 Å². The number of amides is 1. The van der Waals surface area contributed by atoms with Crippen molar-refractivity contribution in [3.8, 4) is 0 Å². The molecule has 1 N–H and O–H groups in total. The minimum atomic E-state index is -0.131. The summed E-state index contributed by atoms with van der Waals surface area (Å²) >= 11 is 0. The number of carbonyl (C=O) groups excluding carboxylic acids is 2. The molecule has 0 unspecified atom stereocenters. The lowest BCUT2D eigenvalue weighted by molar-refractivity contribution is -0.116. The number of anilines is 1. The first-order valence-corrected chi connectivity index (χ1v) is 8.06. The van der Waals surface area contributed by atoms with Gasteiger partial charge in [-0.1, -0.05) is 48.5 Å². The number of aldehydes is 1. The van der Waals surface area contributed by atoms with Crippen molar-refractivity contribution in [1.29, 1.82) is 0 Å². The third-order valence-electron chi connectivity index (χ3n) is 4.29. The molecule has 1 heterocycles. The van der Waals surface area contributed by atoms with E-state index in [9.17, 15) is 9.59 Å². The zero-order chi connectivity index (χ0) is 17.2. The predicted molar refractivity (Wildman–Crippen MR) is 99.9 cm³/mol. The summed E-state index contributed by atoms with van der Waals surface area (Å²) in [7, 11) is 0. The average Bonchev–Trinajstić information content (AvgIpc) is 2.99. The molecule has 0 atom stereocenters. The molecule has 0 saturated heterocycles. The third-order valence-corrected chi connectivity index (χ3v) is 4.29. The Labute approximate surface area is 144 Å². The first-order valence-electron chi connectivity index (χ1n) is 8.06. The average molecular weight is 328 g/mol. The molecule has 4 nitrogen and oxygen atoms in total. The highest BCUT2D eigenvalue weighted by Crippen LogP contribution is 2.21. The summed E-state index contributed by atoms with van der Waals surface area (Å²) in [5, 5.41) is 5.99. The molecule has 0 aliphatic rings. The molecule has 0 bridgehead atoms. The van der Waals surface area contributed by atoms with E-state index < -0.39 is 0 Å². The Bertz CT molecular complexity index is 1100. The Hall–Kier alpha value is -3.40. The largest absolute Gasteiger partial charge is 0.337 e. The molecule has 4 aromatic rings. The van der Waals surface area contributed by atoms with Crippen molar-refractivity contribution in [3.05, 3.63) is 78.5 Å². The SMILES string of the molecule is O=Cc1cn(CC(=O)Nc2ccc3ccccc3c2)c2ccccc12. The normalized spacial score (nSPS) is 10.9. The number of nitrogens with zero attached hydrogens (tertiary/aromatic N) is 1. The Morgan fingerprint density at radius 1 is 0.960 bits per heavy atom. The number of rotatable bonds is 4. The van der Waals surface area contributed by atoms with E-state index in [1.807, 2.05) is 66.7 Å². The third kappa shape index (κ3) is 2.90. The molecule has 25 heavy (non-hydrogen) atoms. The van der Waals surface area contributed by atoms with Crippen LogP contribution < -0.4 is 5.32 Å². The smallest absolute Gasteiger partial charge is 0.244 e. The molecule has 1 aromatic heterocycles. The highest BCUT2D eigenvalue weighted by atomic mass is 16.2. The Morgan fingerprint density at radius 2 is 1.72 bits per heavy atom. The Morgan fingerprint density at radius 3 is 2.56 bits per heavy atom. The number of para-hydroxylation sites is 1. The van der Waals surface area contributed by atoms with Crippen LogP contribution in [0.5, 0.6) is 0 Å². The van der Waals surface area contributed by atoms with Gasteiger partial charge in [0.1, 0.15) is 6.54 Å². The van der Waals surface area contributed by atoms with Crippen LogP contribution in [0.3, 0.4) is 0 Å².